The molecule has 1 aliphatic rings. The van der Waals surface area contributed by atoms with Crippen molar-refractivity contribution < 1.29 is 4.79 Å². The lowest BCUT2D eigenvalue weighted by molar-refractivity contribution is 0.0649. The molecule has 0 bridgehead atoms. The van der Waals surface area contributed by atoms with Gasteiger partial charge in [-0.2, -0.15) is 5.10 Å². The van der Waals surface area contributed by atoms with Gasteiger partial charge in [-0.25, -0.2) is 4.68 Å². The highest BCUT2D eigenvalue weighted by Crippen LogP contribution is 2.11. The summed E-state index contributed by atoms with van der Waals surface area (Å²) in [6.45, 7) is 4.47. The number of carbonyl (C=O) groups is 1. The van der Waals surface area contributed by atoms with Gasteiger partial charge in [0.15, 0.2) is 5.69 Å². The fourth-order valence-electron chi connectivity index (χ4n) is 2.45. The van der Waals surface area contributed by atoms with Crippen LogP contribution in [0.4, 0.5) is 0 Å². The maximum atomic E-state index is 12.5. The van der Waals surface area contributed by atoms with Gasteiger partial charge in [-0.15, -0.1) is 0 Å². The van der Waals surface area contributed by atoms with E-state index in [0.717, 1.165) is 25.3 Å². The van der Waals surface area contributed by atoms with Crippen LogP contribution in [0.5, 0.6) is 0 Å². The van der Waals surface area contributed by atoms with Crippen LogP contribution < -0.4 is 5.32 Å². The summed E-state index contributed by atoms with van der Waals surface area (Å²) in [4.78, 5) is 14.4. The van der Waals surface area contributed by atoms with E-state index in [4.69, 9.17) is 0 Å². The first-order valence-corrected chi connectivity index (χ1v) is 6.88. The molecule has 2 aromatic rings. The molecule has 2 heterocycles. The number of benzene rings is 1. The van der Waals surface area contributed by atoms with Crippen molar-refractivity contribution in [2.45, 2.75) is 13.0 Å². The summed E-state index contributed by atoms with van der Waals surface area (Å²) in [7, 11) is 0. The zero-order valence-electron chi connectivity index (χ0n) is 11.5. The molecule has 1 aromatic carbocycles. The molecule has 0 aliphatic carbocycles. The van der Waals surface area contributed by atoms with E-state index < -0.39 is 0 Å². The van der Waals surface area contributed by atoms with E-state index in [1.54, 1.807) is 10.7 Å². The minimum absolute atomic E-state index is 0.00804. The molecule has 1 aromatic heterocycles. The van der Waals surface area contributed by atoms with Crippen molar-refractivity contribution in [1.29, 1.82) is 0 Å². The lowest BCUT2D eigenvalue weighted by Crippen LogP contribution is -2.52. The molecule has 1 saturated heterocycles. The highest BCUT2D eigenvalue weighted by atomic mass is 16.2. The Morgan fingerprint density at radius 2 is 2.10 bits per heavy atom. The number of piperazine rings is 1. The van der Waals surface area contributed by atoms with Crippen molar-refractivity contribution in [3.8, 4) is 5.69 Å². The summed E-state index contributed by atoms with van der Waals surface area (Å²) in [5.74, 6) is 0.00804. The lowest BCUT2D eigenvalue weighted by atomic mass is 10.2. The van der Waals surface area contributed by atoms with Crippen LogP contribution in [0.25, 0.3) is 5.69 Å². The van der Waals surface area contributed by atoms with Gasteiger partial charge in [0.2, 0.25) is 0 Å². The van der Waals surface area contributed by atoms with E-state index in [9.17, 15) is 4.79 Å². The minimum Gasteiger partial charge on any atom is -0.332 e. The van der Waals surface area contributed by atoms with Crippen LogP contribution in [0, 0.1) is 0 Å². The number of amides is 1. The number of para-hydroxylation sites is 1. The standard InChI is InChI=1S/C15H18N4O/c1-12-11-16-8-10-18(12)15(20)14-7-9-19(17-14)13-5-3-2-4-6-13/h2-7,9,12,16H,8,10-11H2,1H3/t12-/m0/s1. The van der Waals surface area contributed by atoms with Crippen LogP contribution in [0.1, 0.15) is 17.4 Å². The number of carbonyl (C=O) groups excluding carboxylic acids is 1. The Morgan fingerprint density at radius 1 is 1.30 bits per heavy atom. The first kappa shape index (κ1) is 12.9. The van der Waals surface area contributed by atoms with Crippen LogP contribution in [-0.2, 0) is 0 Å². The Labute approximate surface area is 118 Å². The van der Waals surface area contributed by atoms with E-state index in [-0.39, 0.29) is 11.9 Å². The lowest BCUT2D eigenvalue weighted by Gasteiger charge is -2.33. The summed E-state index contributed by atoms with van der Waals surface area (Å²) in [6, 6.07) is 11.8. The molecule has 5 heteroatoms. The van der Waals surface area contributed by atoms with E-state index in [1.165, 1.54) is 0 Å². The summed E-state index contributed by atoms with van der Waals surface area (Å²) in [5.41, 5.74) is 1.46. The fraction of sp³-hybridized carbons (Fsp3) is 0.333. The average Bonchev–Trinajstić information content (AvgIpc) is 2.98. The highest BCUT2D eigenvalue weighted by Gasteiger charge is 2.25. The van der Waals surface area contributed by atoms with E-state index in [0.29, 0.717) is 5.69 Å². The fourth-order valence-corrected chi connectivity index (χ4v) is 2.45. The van der Waals surface area contributed by atoms with Gasteiger partial charge in [-0.1, -0.05) is 18.2 Å². The first-order chi connectivity index (χ1) is 9.75. The Balaban J connectivity index is 1.81. The number of hydrogen-bond donors (Lipinski definition) is 1. The summed E-state index contributed by atoms with van der Waals surface area (Å²) >= 11 is 0. The second kappa shape index (κ2) is 5.46. The van der Waals surface area contributed by atoms with E-state index in [2.05, 4.69) is 17.3 Å². The van der Waals surface area contributed by atoms with Crippen molar-refractivity contribution in [3.05, 3.63) is 48.3 Å². The molecule has 0 radical (unpaired) electrons. The zero-order chi connectivity index (χ0) is 13.9. The second-order valence-corrected chi connectivity index (χ2v) is 5.03. The van der Waals surface area contributed by atoms with Crippen molar-refractivity contribution in [2.75, 3.05) is 19.6 Å². The van der Waals surface area contributed by atoms with Crippen molar-refractivity contribution in [2.24, 2.45) is 0 Å². The third-order valence-corrected chi connectivity index (χ3v) is 3.59. The summed E-state index contributed by atoms with van der Waals surface area (Å²) in [6.07, 6.45) is 1.83. The monoisotopic (exact) mass is 270 g/mol. The van der Waals surface area contributed by atoms with E-state index in [1.807, 2.05) is 41.4 Å². The third-order valence-electron chi connectivity index (χ3n) is 3.59. The molecule has 1 aliphatic heterocycles. The molecule has 3 rings (SSSR count). The number of nitrogens with zero attached hydrogens (tertiary/aromatic N) is 3. The Hall–Kier alpha value is -2.14. The van der Waals surface area contributed by atoms with Gasteiger partial charge >= 0.3 is 0 Å². The summed E-state index contributed by atoms with van der Waals surface area (Å²) < 4.78 is 1.74. The molecule has 20 heavy (non-hydrogen) atoms. The average molecular weight is 270 g/mol. The molecule has 1 fully saturated rings. The maximum Gasteiger partial charge on any atom is 0.274 e. The van der Waals surface area contributed by atoms with Crippen LogP contribution >= 0.6 is 0 Å². The minimum atomic E-state index is 0.00804. The SMILES string of the molecule is C[C@H]1CNCCN1C(=O)c1ccn(-c2ccccc2)n1. The molecule has 104 valence electrons. The Morgan fingerprint density at radius 3 is 2.85 bits per heavy atom. The van der Waals surface area contributed by atoms with Crippen LogP contribution in [0.3, 0.4) is 0 Å². The molecule has 1 N–H and O–H groups in total. The van der Waals surface area contributed by atoms with Crippen LogP contribution in [-0.4, -0.2) is 46.3 Å². The molecule has 0 unspecified atom stereocenters. The largest absolute Gasteiger partial charge is 0.332 e. The molecule has 5 nitrogen and oxygen atoms in total. The predicted octanol–water partition coefficient (Wildman–Crippen LogP) is 1.31. The van der Waals surface area contributed by atoms with Gasteiger partial charge in [-0.3, -0.25) is 4.79 Å². The van der Waals surface area contributed by atoms with Gasteiger partial charge in [0.25, 0.3) is 5.91 Å². The van der Waals surface area contributed by atoms with Gasteiger partial charge in [0.1, 0.15) is 0 Å². The van der Waals surface area contributed by atoms with Gasteiger partial charge < -0.3 is 10.2 Å². The first-order valence-electron chi connectivity index (χ1n) is 6.88. The Bertz CT molecular complexity index is 593. The molecular formula is C15H18N4O. The smallest absolute Gasteiger partial charge is 0.274 e. The second-order valence-electron chi connectivity index (χ2n) is 5.03. The molecule has 0 spiro atoms. The number of nitrogens with one attached hydrogen (secondary N) is 1. The summed E-state index contributed by atoms with van der Waals surface area (Å²) in [5, 5.41) is 7.68. The number of aromatic nitrogens is 2. The molecule has 0 saturated carbocycles. The van der Waals surface area contributed by atoms with Crippen molar-refractivity contribution >= 4 is 5.91 Å². The maximum absolute atomic E-state index is 12.5. The van der Waals surface area contributed by atoms with Crippen LogP contribution in [0.15, 0.2) is 42.6 Å². The molecular weight excluding hydrogens is 252 g/mol. The molecule has 1 atom stereocenters. The quantitative estimate of drug-likeness (QED) is 0.895. The van der Waals surface area contributed by atoms with Gasteiger partial charge in [0, 0.05) is 31.9 Å². The van der Waals surface area contributed by atoms with E-state index >= 15 is 0 Å². The van der Waals surface area contributed by atoms with Crippen molar-refractivity contribution in [3.63, 3.8) is 0 Å². The van der Waals surface area contributed by atoms with Crippen LogP contribution in [0.2, 0.25) is 0 Å². The number of hydrogen-bond acceptors (Lipinski definition) is 3. The highest BCUT2D eigenvalue weighted by molar-refractivity contribution is 5.92. The number of rotatable bonds is 2. The van der Waals surface area contributed by atoms with Gasteiger partial charge in [0.05, 0.1) is 5.69 Å². The zero-order valence-corrected chi connectivity index (χ0v) is 11.5. The predicted molar refractivity (Wildman–Crippen MR) is 76.9 cm³/mol. The molecule has 1 amide bonds. The Kier molecular flexibility index (Phi) is 3.52. The van der Waals surface area contributed by atoms with Gasteiger partial charge in [-0.05, 0) is 25.1 Å². The topological polar surface area (TPSA) is 50.2 Å². The third kappa shape index (κ3) is 2.44. The normalized spacial score (nSPS) is 19.1. The van der Waals surface area contributed by atoms with Crippen molar-refractivity contribution in [1.82, 2.24) is 20.0 Å².